The Bertz CT molecular complexity index is 293. The molecule has 1 fully saturated rings. The zero-order valence-corrected chi connectivity index (χ0v) is 8.26. The minimum Gasteiger partial charge on any atom is -0.459 e. The van der Waals surface area contributed by atoms with Crippen LogP contribution in [0.5, 0.6) is 0 Å². The van der Waals surface area contributed by atoms with Gasteiger partial charge in [0.2, 0.25) is 0 Å². The fourth-order valence-electron chi connectivity index (χ4n) is 2.11. The van der Waals surface area contributed by atoms with Gasteiger partial charge in [-0.1, -0.05) is 6.92 Å². The minimum absolute atomic E-state index is 0.0695. The molecule has 2 rings (SSSR count). The molecule has 80 valence electrons. The summed E-state index contributed by atoms with van der Waals surface area (Å²) in [4.78, 5) is 3.80. The molecule has 1 heterocycles. The Labute approximate surface area is 81.3 Å². The van der Waals surface area contributed by atoms with Gasteiger partial charge in [-0.15, -0.1) is 0 Å². The summed E-state index contributed by atoms with van der Waals surface area (Å²) >= 11 is 0. The lowest BCUT2D eigenvalue weighted by Crippen LogP contribution is -2.54. The van der Waals surface area contributed by atoms with E-state index in [-0.39, 0.29) is 11.9 Å². The predicted molar refractivity (Wildman–Crippen MR) is 48.2 cm³/mol. The van der Waals surface area contributed by atoms with Crippen LogP contribution in [0.25, 0.3) is 0 Å². The number of nitrogens with two attached hydrogens (primary N) is 1. The van der Waals surface area contributed by atoms with Crippen molar-refractivity contribution in [2.45, 2.75) is 31.7 Å². The lowest BCUT2D eigenvalue weighted by atomic mass is 9.87. The lowest BCUT2D eigenvalue weighted by Gasteiger charge is -2.37. The van der Waals surface area contributed by atoms with Crippen molar-refractivity contribution in [3.8, 4) is 0 Å². The number of hydrogen-bond acceptors (Lipinski definition) is 3. The standard InChI is InChI=1S/C9H14F2N2O/c1-5-3-6(5)8(2)9(10,11)4-14-7(12)13-8/h5-6H,3-4H2,1-2H3,(H2,12,13)/t5-,6-,8-/m1/s1. The zero-order valence-electron chi connectivity index (χ0n) is 8.26. The number of aliphatic imine (C=N–C) groups is 1. The monoisotopic (exact) mass is 204 g/mol. The van der Waals surface area contributed by atoms with Crippen molar-refractivity contribution in [1.29, 1.82) is 0 Å². The second-order valence-electron chi connectivity index (χ2n) is 4.41. The molecule has 0 amide bonds. The van der Waals surface area contributed by atoms with Gasteiger partial charge in [0.05, 0.1) is 0 Å². The SMILES string of the molecule is C[C@@H]1C[C@H]1[C@@]1(C)N=C(N)OCC1(F)F. The number of halogens is 2. The van der Waals surface area contributed by atoms with Gasteiger partial charge in [0, 0.05) is 0 Å². The third-order valence-corrected chi connectivity index (χ3v) is 3.32. The minimum atomic E-state index is -2.91. The zero-order chi connectivity index (χ0) is 10.6. The van der Waals surface area contributed by atoms with E-state index in [0.717, 1.165) is 6.42 Å². The predicted octanol–water partition coefficient (Wildman–Crippen LogP) is 1.38. The molecule has 0 unspecified atom stereocenters. The fraction of sp³-hybridized carbons (Fsp3) is 0.889. The van der Waals surface area contributed by atoms with Crippen molar-refractivity contribution in [2.24, 2.45) is 22.6 Å². The van der Waals surface area contributed by atoms with Gasteiger partial charge in [-0.25, -0.2) is 13.8 Å². The largest absolute Gasteiger partial charge is 0.459 e. The van der Waals surface area contributed by atoms with Crippen molar-refractivity contribution >= 4 is 6.02 Å². The van der Waals surface area contributed by atoms with E-state index >= 15 is 0 Å². The first kappa shape index (κ1) is 9.68. The van der Waals surface area contributed by atoms with Gasteiger partial charge in [0.25, 0.3) is 6.02 Å². The first-order chi connectivity index (χ1) is 6.37. The molecule has 0 aromatic heterocycles. The third-order valence-electron chi connectivity index (χ3n) is 3.32. The molecule has 0 spiro atoms. The molecule has 1 aliphatic heterocycles. The Hall–Kier alpha value is -0.870. The van der Waals surface area contributed by atoms with Gasteiger partial charge in [-0.2, -0.15) is 0 Å². The Morgan fingerprint density at radius 2 is 2.14 bits per heavy atom. The van der Waals surface area contributed by atoms with Crippen LogP contribution in [-0.2, 0) is 4.74 Å². The highest BCUT2D eigenvalue weighted by molar-refractivity contribution is 5.73. The van der Waals surface area contributed by atoms with Crippen molar-refractivity contribution < 1.29 is 13.5 Å². The number of nitrogens with zero attached hydrogens (tertiary/aromatic N) is 1. The quantitative estimate of drug-likeness (QED) is 0.701. The van der Waals surface area contributed by atoms with Crippen LogP contribution >= 0.6 is 0 Å². The summed E-state index contributed by atoms with van der Waals surface area (Å²) in [6.45, 7) is 2.77. The van der Waals surface area contributed by atoms with Gasteiger partial charge >= 0.3 is 5.92 Å². The van der Waals surface area contributed by atoms with Crippen LogP contribution in [0.4, 0.5) is 8.78 Å². The molecular formula is C9H14F2N2O. The molecule has 2 aliphatic rings. The molecule has 3 nitrogen and oxygen atoms in total. The van der Waals surface area contributed by atoms with E-state index in [1.807, 2.05) is 6.92 Å². The maximum Gasteiger partial charge on any atom is 0.306 e. The Morgan fingerprint density at radius 1 is 1.57 bits per heavy atom. The molecule has 14 heavy (non-hydrogen) atoms. The number of amidine groups is 1. The van der Waals surface area contributed by atoms with Gasteiger partial charge in [-0.05, 0) is 25.2 Å². The second-order valence-corrected chi connectivity index (χ2v) is 4.41. The molecule has 2 N–H and O–H groups in total. The maximum atomic E-state index is 13.6. The van der Waals surface area contributed by atoms with E-state index in [1.165, 1.54) is 6.92 Å². The molecule has 0 aromatic carbocycles. The van der Waals surface area contributed by atoms with E-state index in [2.05, 4.69) is 9.73 Å². The summed E-state index contributed by atoms with van der Waals surface area (Å²) in [5.74, 6) is -2.67. The molecule has 1 aliphatic carbocycles. The summed E-state index contributed by atoms with van der Waals surface area (Å²) in [5, 5.41) is 0. The molecule has 0 radical (unpaired) electrons. The Kier molecular flexibility index (Phi) is 1.78. The smallest absolute Gasteiger partial charge is 0.306 e. The molecule has 0 aromatic rings. The van der Waals surface area contributed by atoms with E-state index in [9.17, 15) is 8.78 Å². The number of alkyl halides is 2. The number of hydrogen-bond donors (Lipinski definition) is 1. The van der Waals surface area contributed by atoms with E-state index < -0.39 is 18.1 Å². The molecule has 0 bridgehead atoms. The highest BCUT2D eigenvalue weighted by atomic mass is 19.3. The molecule has 3 atom stereocenters. The van der Waals surface area contributed by atoms with Crippen LogP contribution in [0.3, 0.4) is 0 Å². The van der Waals surface area contributed by atoms with Crippen LogP contribution < -0.4 is 5.73 Å². The van der Waals surface area contributed by atoms with E-state index in [0.29, 0.717) is 5.92 Å². The average Bonchev–Trinajstić information content (AvgIpc) is 2.77. The van der Waals surface area contributed by atoms with Crippen LogP contribution in [0.15, 0.2) is 4.99 Å². The normalized spacial score (nSPS) is 45.3. The van der Waals surface area contributed by atoms with Gasteiger partial charge < -0.3 is 10.5 Å². The maximum absolute atomic E-state index is 13.6. The summed E-state index contributed by atoms with van der Waals surface area (Å²) in [6, 6.07) is -0.113. The van der Waals surface area contributed by atoms with Crippen molar-refractivity contribution in [2.75, 3.05) is 6.61 Å². The fourth-order valence-corrected chi connectivity index (χ4v) is 2.11. The van der Waals surface area contributed by atoms with Crippen molar-refractivity contribution in [3.63, 3.8) is 0 Å². The van der Waals surface area contributed by atoms with Crippen molar-refractivity contribution in [3.05, 3.63) is 0 Å². The first-order valence-corrected chi connectivity index (χ1v) is 4.73. The van der Waals surface area contributed by atoms with Crippen molar-refractivity contribution in [1.82, 2.24) is 0 Å². The van der Waals surface area contributed by atoms with Gasteiger partial charge in [0.1, 0.15) is 5.54 Å². The molecule has 1 saturated carbocycles. The Morgan fingerprint density at radius 3 is 2.64 bits per heavy atom. The van der Waals surface area contributed by atoms with Crippen LogP contribution in [0, 0.1) is 11.8 Å². The van der Waals surface area contributed by atoms with Gasteiger partial charge in [-0.3, -0.25) is 0 Å². The van der Waals surface area contributed by atoms with E-state index in [1.54, 1.807) is 0 Å². The first-order valence-electron chi connectivity index (χ1n) is 4.73. The van der Waals surface area contributed by atoms with Crippen LogP contribution in [-0.4, -0.2) is 24.1 Å². The second kappa shape index (κ2) is 2.58. The summed E-state index contributed by atoms with van der Waals surface area (Å²) in [5.41, 5.74) is 3.97. The van der Waals surface area contributed by atoms with Crippen LogP contribution in [0.1, 0.15) is 20.3 Å². The topological polar surface area (TPSA) is 47.6 Å². The van der Waals surface area contributed by atoms with E-state index in [4.69, 9.17) is 5.73 Å². The summed E-state index contributed by atoms with van der Waals surface area (Å²) in [6.07, 6.45) is 0.795. The summed E-state index contributed by atoms with van der Waals surface area (Å²) < 4.78 is 31.8. The highest BCUT2D eigenvalue weighted by Gasteiger charge is 2.63. The molecule has 0 saturated heterocycles. The number of rotatable bonds is 1. The molecular weight excluding hydrogens is 190 g/mol. The highest BCUT2D eigenvalue weighted by Crippen LogP contribution is 2.54. The van der Waals surface area contributed by atoms with Gasteiger partial charge in [0.15, 0.2) is 6.61 Å². The third kappa shape index (κ3) is 1.18. The summed E-state index contributed by atoms with van der Waals surface area (Å²) in [7, 11) is 0. The molecule has 5 heteroatoms. The van der Waals surface area contributed by atoms with Crippen LogP contribution in [0.2, 0.25) is 0 Å². The average molecular weight is 204 g/mol. The lowest BCUT2D eigenvalue weighted by molar-refractivity contribution is -0.121. The number of ether oxygens (including phenoxy) is 1. The Balaban J connectivity index is 2.33.